The van der Waals surface area contributed by atoms with Crippen LogP contribution >= 0.6 is 0 Å². The van der Waals surface area contributed by atoms with Crippen molar-refractivity contribution in [2.45, 2.75) is 34.1 Å². The van der Waals surface area contributed by atoms with Crippen molar-refractivity contribution in [1.82, 2.24) is 0 Å². The molecule has 0 spiro atoms. The second-order valence-electron chi connectivity index (χ2n) is 11.4. The summed E-state index contributed by atoms with van der Waals surface area (Å²) >= 11 is -2.76. The molecular formula is C39H36Cl2Zr. The zero-order chi connectivity index (χ0) is 28.0. The first kappa shape index (κ1) is 32.1. The SMILES string of the molecule is C=Cc1ccc2c(c1)-c1cc(C=C)c[c]([Zr+2]([C]3=CC(C)=CC3C)=[C](c3ccc(C)cc3)c3ccc(C)cc3)c1C2.[Cl-].[Cl-]. The normalized spacial score (nSPS) is 14.2. The van der Waals surface area contributed by atoms with Gasteiger partial charge in [-0.1, -0.05) is 0 Å². The molecule has 0 N–H and O–H groups in total. The Morgan fingerprint density at radius 2 is 1.31 bits per heavy atom. The van der Waals surface area contributed by atoms with Crippen LogP contribution in [-0.4, -0.2) is 3.21 Å². The van der Waals surface area contributed by atoms with Crippen LogP contribution in [0.25, 0.3) is 23.3 Å². The molecule has 0 amide bonds. The van der Waals surface area contributed by atoms with Gasteiger partial charge in [-0.3, -0.25) is 0 Å². The molecule has 2 aliphatic carbocycles. The Balaban J connectivity index is 0.00000202. The summed E-state index contributed by atoms with van der Waals surface area (Å²) in [6.45, 7) is 17.3. The molecule has 0 heterocycles. The minimum absolute atomic E-state index is 0. The summed E-state index contributed by atoms with van der Waals surface area (Å²) in [6.07, 6.45) is 9.96. The molecule has 6 rings (SSSR count). The average Bonchev–Trinajstić information content (AvgIpc) is 3.50. The number of benzene rings is 4. The van der Waals surface area contributed by atoms with Crippen LogP contribution in [0.15, 0.2) is 113 Å². The number of rotatable bonds is 6. The summed E-state index contributed by atoms with van der Waals surface area (Å²) < 4.78 is 4.81. The average molecular weight is 667 g/mol. The minimum Gasteiger partial charge on any atom is -1.00 e. The molecule has 0 radical (unpaired) electrons. The molecular weight excluding hydrogens is 631 g/mol. The Morgan fingerprint density at radius 1 is 0.738 bits per heavy atom. The summed E-state index contributed by atoms with van der Waals surface area (Å²) in [4.78, 5) is 0. The van der Waals surface area contributed by atoms with E-state index < -0.39 is 21.3 Å². The van der Waals surface area contributed by atoms with E-state index in [-0.39, 0.29) is 24.8 Å². The van der Waals surface area contributed by atoms with Gasteiger partial charge in [0.1, 0.15) is 0 Å². The van der Waals surface area contributed by atoms with Gasteiger partial charge in [-0.25, -0.2) is 0 Å². The molecule has 0 bridgehead atoms. The molecule has 0 nitrogen and oxygen atoms in total. The van der Waals surface area contributed by atoms with E-state index in [1.165, 1.54) is 61.2 Å². The molecule has 2 aliphatic rings. The minimum atomic E-state index is -2.76. The van der Waals surface area contributed by atoms with E-state index >= 15 is 0 Å². The third kappa shape index (κ3) is 5.98. The van der Waals surface area contributed by atoms with Crippen LogP contribution in [0.3, 0.4) is 0 Å². The Bertz CT molecular complexity index is 1720. The molecule has 4 aromatic rings. The molecule has 0 saturated heterocycles. The van der Waals surface area contributed by atoms with E-state index in [0.29, 0.717) is 5.92 Å². The second-order valence-corrected chi connectivity index (χ2v) is 17.2. The van der Waals surface area contributed by atoms with Crippen molar-refractivity contribution in [3.63, 3.8) is 0 Å². The van der Waals surface area contributed by atoms with Crippen molar-refractivity contribution in [2.75, 3.05) is 0 Å². The van der Waals surface area contributed by atoms with Gasteiger partial charge in [0.15, 0.2) is 0 Å². The monoisotopic (exact) mass is 664 g/mol. The van der Waals surface area contributed by atoms with Crippen LogP contribution in [0.2, 0.25) is 0 Å². The first-order chi connectivity index (χ1) is 19.4. The zero-order valence-corrected chi connectivity index (χ0v) is 28.7. The third-order valence-corrected chi connectivity index (χ3v) is 16.4. The van der Waals surface area contributed by atoms with Crippen LogP contribution in [0.1, 0.15) is 58.4 Å². The van der Waals surface area contributed by atoms with Crippen molar-refractivity contribution in [1.29, 1.82) is 0 Å². The zero-order valence-electron chi connectivity index (χ0n) is 24.8. The summed E-state index contributed by atoms with van der Waals surface area (Å²) in [7, 11) is 0. The van der Waals surface area contributed by atoms with Gasteiger partial charge in [0.2, 0.25) is 0 Å². The van der Waals surface area contributed by atoms with Crippen LogP contribution in [0.4, 0.5) is 0 Å². The molecule has 4 aromatic carbocycles. The summed E-state index contributed by atoms with van der Waals surface area (Å²) in [5.41, 5.74) is 14.8. The van der Waals surface area contributed by atoms with E-state index in [0.717, 1.165) is 6.42 Å². The van der Waals surface area contributed by atoms with E-state index in [9.17, 15) is 0 Å². The third-order valence-electron chi connectivity index (χ3n) is 8.41. The van der Waals surface area contributed by atoms with Gasteiger partial charge in [-0.05, 0) is 0 Å². The number of aryl methyl sites for hydroxylation is 2. The van der Waals surface area contributed by atoms with Gasteiger partial charge in [-0.15, -0.1) is 0 Å². The van der Waals surface area contributed by atoms with Crippen molar-refractivity contribution >= 4 is 18.6 Å². The molecule has 0 fully saturated rings. The van der Waals surface area contributed by atoms with E-state index in [4.69, 9.17) is 0 Å². The number of hydrogen-bond acceptors (Lipinski definition) is 0. The maximum absolute atomic E-state index is 4.23. The van der Waals surface area contributed by atoms with Gasteiger partial charge in [0, 0.05) is 0 Å². The van der Waals surface area contributed by atoms with Crippen LogP contribution in [0.5, 0.6) is 0 Å². The summed E-state index contributed by atoms with van der Waals surface area (Å²) in [6, 6.07) is 30.2. The molecule has 210 valence electrons. The van der Waals surface area contributed by atoms with E-state index in [1.54, 1.807) is 9.76 Å². The fraction of sp³-hybridized carbons (Fsp3) is 0.154. The van der Waals surface area contributed by atoms with Crippen LogP contribution in [0, 0.1) is 19.8 Å². The Kier molecular flexibility index (Phi) is 10.1. The molecule has 1 atom stereocenters. The molecule has 1 unspecified atom stereocenters. The number of allylic oxidation sites excluding steroid dienone is 4. The van der Waals surface area contributed by atoms with Crippen molar-refractivity contribution in [3.05, 3.63) is 158 Å². The maximum atomic E-state index is 4.23. The fourth-order valence-electron chi connectivity index (χ4n) is 6.32. The van der Waals surface area contributed by atoms with Crippen molar-refractivity contribution < 1.29 is 46.1 Å². The van der Waals surface area contributed by atoms with Gasteiger partial charge in [-0.2, -0.15) is 0 Å². The smallest absolute Gasteiger partial charge is 1.00 e. The van der Waals surface area contributed by atoms with Crippen LogP contribution in [-0.2, 0) is 27.7 Å². The van der Waals surface area contributed by atoms with E-state index in [2.05, 4.69) is 132 Å². The Morgan fingerprint density at radius 3 is 1.83 bits per heavy atom. The topological polar surface area (TPSA) is 0 Å². The van der Waals surface area contributed by atoms with Gasteiger partial charge in [0.25, 0.3) is 0 Å². The second kappa shape index (κ2) is 13.2. The largest absolute Gasteiger partial charge is 1.00 e. The van der Waals surface area contributed by atoms with E-state index in [1.807, 2.05) is 12.2 Å². The quantitative estimate of drug-likeness (QED) is 0.262. The Hall–Kier alpha value is -2.83. The Labute approximate surface area is 271 Å². The molecule has 0 aromatic heterocycles. The fourth-order valence-corrected chi connectivity index (χ4v) is 15.0. The number of halogens is 2. The summed E-state index contributed by atoms with van der Waals surface area (Å²) in [5, 5.41) is 0. The molecule has 42 heavy (non-hydrogen) atoms. The first-order valence-electron chi connectivity index (χ1n) is 14.2. The predicted molar refractivity (Wildman–Crippen MR) is 171 cm³/mol. The van der Waals surface area contributed by atoms with Crippen molar-refractivity contribution in [2.24, 2.45) is 5.92 Å². The maximum Gasteiger partial charge on any atom is -1.00 e. The standard InChI is InChI=1S/C17H13.C15H14.C7H9.2ClH.Zr/c1-3-12-5-7-14-11-15-8-6-13(4-2)10-17(15)16(14)9-12;1-12-3-7-14(8-4-12)11-15-9-5-13(2)6-10-15;1-6-3-4-7(2)5-6;;;/h3-7,9-10H,1-2,11H2;3-10H,1-2H3;3,5,7H,1-2H3;2*1H;/q;;;;;+2/p-2. The van der Waals surface area contributed by atoms with Gasteiger partial charge >= 0.3 is 249 Å². The van der Waals surface area contributed by atoms with Crippen molar-refractivity contribution in [3.8, 4) is 11.1 Å². The molecule has 3 heteroatoms. The number of fused-ring (bicyclic) bond motifs is 3. The van der Waals surface area contributed by atoms with Crippen LogP contribution < -0.4 is 28.1 Å². The first-order valence-corrected chi connectivity index (χ1v) is 17.9. The summed E-state index contributed by atoms with van der Waals surface area (Å²) in [5.74, 6) is 0.444. The van der Waals surface area contributed by atoms with Gasteiger partial charge in [0.05, 0.1) is 0 Å². The van der Waals surface area contributed by atoms with Gasteiger partial charge < -0.3 is 24.8 Å². The predicted octanol–water partition coefficient (Wildman–Crippen LogP) is 3.16. The molecule has 0 aliphatic heterocycles. The number of hydrogen-bond donors (Lipinski definition) is 0. The molecule has 0 saturated carbocycles.